The normalized spacial score (nSPS) is 12.6. The van der Waals surface area contributed by atoms with Gasteiger partial charge < -0.3 is 0 Å². The van der Waals surface area contributed by atoms with E-state index in [4.69, 9.17) is 15.0 Å². The molecule has 4 aromatic heterocycles. The van der Waals surface area contributed by atoms with Crippen molar-refractivity contribution in [1.29, 1.82) is 0 Å². The van der Waals surface area contributed by atoms with Gasteiger partial charge in [-0.2, -0.15) is 0 Å². The molecule has 0 bridgehead atoms. The van der Waals surface area contributed by atoms with E-state index in [1.807, 2.05) is 6.20 Å². The van der Waals surface area contributed by atoms with Crippen molar-refractivity contribution in [3.8, 4) is 33.5 Å². The molecule has 6 heteroatoms. The molecule has 226 valence electrons. The Morgan fingerprint density at radius 1 is 0.609 bits per heavy atom. The first-order chi connectivity index (χ1) is 22.1. The molecule has 0 spiro atoms. The van der Waals surface area contributed by atoms with Gasteiger partial charge in [0.15, 0.2) is 0 Å². The Morgan fingerprint density at radius 2 is 1.35 bits per heavy atom. The minimum Gasteiger partial charge on any atom is -0.286 e. The van der Waals surface area contributed by atoms with Crippen molar-refractivity contribution < 1.29 is 0 Å². The smallest absolute Gasteiger partial charge is 0.221 e. The molecule has 0 unspecified atom stereocenters. The summed E-state index contributed by atoms with van der Waals surface area (Å²) in [7, 11) is -1.80. The first-order valence-electron chi connectivity index (χ1n) is 16.0. The molecule has 0 radical (unpaired) electrons. The fraction of sp³-hybridized carbons (Fsp3) is 0.175. The third-order valence-electron chi connectivity index (χ3n) is 9.00. The van der Waals surface area contributed by atoms with Gasteiger partial charge in [0, 0.05) is 22.6 Å². The van der Waals surface area contributed by atoms with Crippen LogP contribution in [0.3, 0.4) is 0 Å². The molecule has 4 heterocycles. The van der Waals surface area contributed by atoms with Crippen molar-refractivity contribution in [3.63, 3.8) is 0 Å². The van der Waals surface area contributed by atoms with Crippen molar-refractivity contribution in [2.45, 2.75) is 45.8 Å². The average Bonchev–Trinajstić information content (AvgIpc) is 3.62. The third kappa shape index (κ3) is 4.63. The highest BCUT2D eigenvalue weighted by atomic mass is 28.3. The summed E-state index contributed by atoms with van der Waals surface area (Å²) in [6.45, 7) is 14.0. The van der Waals surface area contributed by atoms with Gasteiger partial charge in [-0.15, -0.1) is 0 Å². The third-order valence-corrected chi connectivity index (χ3v) is 10.9. The van der Waals surface area contributed by atoms with Crippen LogP contribution in [-0.4, -0.2) is 31.8 Å². The van der Waals surface area contributed by atoms with Crippen LogP contribution in [0.1, 0.15) is 26.3 Å². The molecule has 0 saturated heterocycles. The van der Waals surface area contributed by atoms with Gasteiger partial charge in [-0.05, 0) is 76.2 Å². The quantitative estimate of drug-likeness (QED) is 0.185. The number of hydrogen-bond donors (Lipinski definition) is 0. The molecule has 0 fully saturated rings. The van der Waals surface area contributed by atoms with Gasteiger partial charge in [0.05, 0.1) is 35.8 Å². The maximum absolute atomic E-state index is 5.46. The van der Waals surface area contributed by atoms with Crippen molar-refractivity contribution in [1.82, 2.24) is 23.8 Å². The lowest BCUT2D eigenvalue weighted by molar-refractivity contribution is 0.590. The Bertz CT molecular complexity index is 2440. The number of fused-ring (bicyclic) bond motifs is 7. The lowest BCUT2D eigenvalue weighted by Crippen LogP contribution is -2.42. The topological polar surface area (TPSA) is 47.5 Å². The first kappa shape index (κ1) is 28.4. The van der Waals surface area contributed by atoms with E-state index in [9.17, 15) is 0 Å². The second-order valence-electron chi connectivity index (χ2n) is 14.3. The predicted molar refractivity (Wildman–Crippen MR) is 195 cm³/mol. The lowest BCUT2D eigenvalue weighted by atomic mass is 9.83. The zero-order chi connectivity index (χ0) is 31.8. The molecule has 46 heavy (non-hydrogen) atoms. The zero-order valence-electron chi connectivity index (χ0n) is 27.2. The van der Waals surface area contributed by atoms with E-state index in [0.717, 1.165) is 61.4 Å². The summed E-state index contributed by atoms with van der Waals surface area (Å²) in [4.78, 5) is 15.3. The van der Waals surface area contributed by atoms with Crippen molar-refractivity contribution in [2.75, 3.05) is 0 Å². The number of pyridine rings is 1. The van der Waals surface area contributed by atoms with Gasteiger partial charge >= 0.3 is 0 Å². The Labute approximate surface area is 270 Å². The second-order valence-corrected chi connectivity index (χ2v) is 19.4. The molecule has 5 nitrogen and oxygen atoms in total. The molecule has 0 atom stereocenters. The molecule has 0 aliphatic rings. The van der Waals surface area contributed by atoms with Crippen LogP contribution in [-0.2, 0) is 5.41 Å². The Kier molecular flexibility index (Phi) is 6.31. The van der Waals surface area contributed by atoms with E-state index < -0.39 is 8.07 Å². The molecular weight excluding hydrogens is 579 g/mol. The fourth-order valence-electron chi connectivity index (χ4n) is 6.56. The van der Waals surface area contributed by atoms with Gasteiger partial charge in [0.2, 0.25) is 5.78 Å². The number of rotatable bonds is 4. The maximum atomic E-state index is 5.46. The molecule has 0 amide bonds. The second kappa shape index (κ2) is 10.2. The number of hydrogen-bond acceptors (Lipinski definition) is 3. The van der Waals surface area contributed by atoms with Gasteiger partial charge in [0.1, 0.15) is 5.65 Å². The van der Waals surface area contributed by atoms with E-state index >= 15 is 0 Å². The van der Waals surface area contributed by atoms with Crippen molar-refractivity contribution >= 4 is 46.9 Å². The van der Waals surface area contributed by atoms with Crippen LogP contribution in [0.25, 0.3) is 67.0 Å². The number of imidazole rings is 2. The summed E-state index contributed by atoms with van der Waals surface area (Å²) in [6.07, 6.45) is 1.92. The van der Waals surface area contributed by atoms with E-state index in [1.165, 1.54) is 16.4 Å². The predicted octanol–water partition coefficient (Wildman–Crippen LogP) is 9.53. The van der Waals surface area contributed by atoms with Crippen LogP contribution in [0.15, 0.2) is 115 Å². The zero-order valence-corrected chi connectivity index (χ0v) is 28.2. The summed E-state index contributed by atoms with van der Waals surface area (Å²) >= 11 is 0. The van der Waals surface area contributed by atoms with Gasteiger partial charge in [-0.3, -0.25) is 13.8 Å². The van der Waals surface area contributed by atoms with Gasteiger partial charge in [0.25, 0.3) is 0 Å². The largest absolute Gasteiger partial charge is 0.286 e. The molecule has 8 rings (SSSR count). The summed E-state index contributed by atoms with van der Waals surface area (Å²) in [5.74, 6) is 0.913. The van der Waals surface area contributed by atoms with E-state index in [-0.39, 0.29) is 5.41 Å². The number of para-hydroxylation sites is 3. The summed E-state index contributed by atoms with van der Waals surface area (Å²) < 4.78 is 4.62. The molecule has 0 saturated carbocycles. The Balaban J connectivity index is 1.41. The molecule has 0 N–H and O–H groups in total. The highest BCUT2D eigenvalue weighted by molar-refractivity contribution is 6.88. The number of aromatic nitrogens is 5. The SMILES string of the molecule is CC(C)(C)c1cc(-c2cc(-c3ccccc3)ccn2)cc(-c2cccc3c2nc2n3c([Si](C)(C)C)cc3nc4ccccc4n32)c1. The fourth-order valence-corrected chi connectivity index (χ4v) is 8.01. The van der Waals surface area contributed by atoms with E-state index in [2.05, 4.69) is 158 Å². The van der Waals surface area contributed by atoms with Crippen LogP contribution < -0.4 is 5.32 Å². The number of nitrogens with zero attached hydrogens (tertiary/aromatic N) is 5. The molecule has 0 aliphatic carbocycles. The molecule has 4 aromatic carbocycles. The summed E-state index contributed by atoms with van der Waals surface area (Å²) in [5.41, 5.74) is 13.0. The minimum atomic E-state index is -1.80. The van der Waals surface area contributed by atoms with Crippen LogP contribution >= 0.6 is 0 Å². The first-order valence-corrected chi connectivity index (χ1v) is 19.5. The highest BCUT2D eigenvalue weighted by Gasteiger charge is 2.26. The minimum absolute atomic E-state index is 0.0541. The van der Waals surface area contributed by atoms with E-state index in [0.29, 0.717) is 0 Å². The van der Waals surface area contributed by atoms with Crippen molar-refractivity contribution in [3.05, 3.63) is 121 Å². The maximum Gasteiger partial charge on any atom is 0.221 e. The van der Waals surface area contributed by atoms with Crippen LogP contribution in [0, 0.1) is 0 Å². The Morgan fingerprint density at radius 3 is 2.13 bits per heavy atom. The highest BCUT2D eigenvalue weighted by Crippen LogP contribution is 2.37. The van der Waals surface area contributed by atoms with Crippen molar-refractivity contribution in [2.24, 2.45) is 0 Å². The summed E-state index contributed by atoms with van der Waals surface area (Å²) in [6, 6.07) is 39.0. The van der Waals surface area contributed by atoms with E-state index in [1.54, 1.807) is 0 Å². The van der Waals surface area contributed by atoms with Gasteiger partial charge in [-0.1, -0.05) is 101 Å². The number of benzene rings is 4. The van der Waals surface area contributed by atoms with Crippen LogP contribution in [0.5, 0.6) is 0 Å². The molecule has 8 aromatic rings. The lowest BCUT2D eigenvalue weighted by Gasteiger charge is -2.22. The standard InChI is InChI=1S/C40H37N5Si/c1-40(2,3)30-22-28(21-29(23-30)33-24-27(19-20-41-33)26-13-8-7-9-14-26)31-15-12-18-35-38(31)43-39-44-34-17-11-10-16-32(34)42-36(44)25-37(45(35)39)46(4,5)6/h7-25H,1-6H3. The van der Waals surface area contributed by atoms with Gasteiger partial charge in [-0.25, -0.2) is 9.97 Å². The average molecular weight is 616 g/mol. The Hall–Kier alpha value is -5.07. The van der Waals surface area contributed by atoms with Crippen LogP contribution in [0.2, 0.25) is 19.6 Å². The molecule has 0 aliphatic heterocycles. The summed E-state index contributed by atoms with van der Waals surface area (Å²) in [5, 5.41) is 1.32. The van der Waals surface area contributed by atoms with Crippen LogP contribution in [0.4, 0.5) is 0 Å². The monoisotopic (exact) mass is 615 g/mol. The molecular formula is C40H37N5Si.